The highest BCUT2D eigenvalue weighted by Crippen LogP contribution is 2.14. The van der Waals surface area contributed by atoms with Crippen LogP contribution in [0.1, 0.15) is 32.3 Å². The Labute approximate surface area is 110 Å². The first-order valence-corrected chi connectivity index (χ1v) is 6.64. The molecule has 0 atom stereocenters. The number of unbranched alkanes of at least 4 members (excludes halogenated alkanes) is 1. The van der Waals surface area contributed by atoms with E-state index in [9.17, 15) is 4.79 Å². The van der Waals surface area contributed by atoms with Gasteiger partial charge in [0.25, 0.3) is 0 Å². The van der Waals surface area contributed by atoms with Crippen LogP contribution < -0.4 is 4.90 Å². The summed E-state index contributed by atoms with van der Waals surface area (Å²) in [6, 6.07) is 8.19. The molecule has 0 saturated carbocycles. The lowest BCUT2D eigenvalue weighted by Crippen LogP contribution is -2.30. The molecule has 0 aromatic heterocycles. The number of carbonyl (C=O) groups excluding carboxylic acids is 1. The summed E-state index contributed by atoms with van der Waals surface area (Å²) < 4.78 is 5.18. The van der Waals surface area contributed by atoms with Crippen LogP contribution in [0.5, 0.6) is 0 Å². The van der Waals surface area contributed by atoms with Crippen molar-refractivity contribution >= 4 is 11.7 Å². The third-order valence-corrected chi connectivity index (χ3v) is 2.86. The quantitative estimate of drug-likeness (QED) is 0.549. The number of carbonyl (C=O) groups is 1. The second kappa shape index (κ2) is 7.75. The molecule has 0 aliphatic carbocycles. The summed E-state index contributed by atoms with van der Waals surface area (Å²) in [7, 11) is 0. The Morgan fingerprint density at radius 2 is 1.89 bits per heavy atom. The molecule has 0 amide bonds. The standard InChI is InChI=1S/C15H23NO2/c1-4-6-11-18-15(17)12-16(5-2)14-9-7-13(3)8-10-14/h7-10H,4-6,11-12H2,1-3H3. The van der Waals surface area contributed by atoms with E-state index in [1.807, 2.05) is 24.0 Å². The largest absolute Gasteiger partial charge is 0.464 e. The molecule has 0 spiro atoms. The fourth-order valence-electron chi connectivity index (χ4n) is 1.67. The van der Waals surface area contributed by atoms with Crippen molar-refractivity contribution in [1.82, 2.24) is 0 Å². The van der Waals surface area contributed by atoms with Gasteiger partial charge in [-0.1, -0.05) is 31.0 Å². The minimum Gasteiger partial charge on any atom is -0.464 e. The Hall–Kier alpha value is -1.51. The molecule has 3 heteroatoms. The third kappa shape index (κ3) is 4.78. The van der Waals surface area contributed by atoms with E-state index in [-0.39, 0.29) is 5.97 Å². The van der Waals surface area contributed by atoms with Crippen LogP contribution in [0.2, 0.25) is 0 Å². The molecular formula is C15H23NO2. The van der Waals surface area contributed by atoms with Crippen LogP contribution in [-0.4, -0.2) is 25.7 Å². The van der Waals surface area contributed by atoms with Crippen molar-refractivity contribution in [2.75, 3.05) is 24.6 Å². The van der Waals surface area contributed by atoms with Gasteiger partial charge in [0.2, 0.25) is 0 Å². The van der Waals surface area contributed by atoms with Gasteiger partial charge in [-0.3, -0.25) is 4.79 Å². The summed E-state index contributed by atoms with van der Waals surface area (Å²) in [6.07, 6.45) is 1.98. The average molecular weight is 249 g/mol. The fourth-order valence-corrected chi connectivity index (χ4v) is 1.67. The number of esters is 1. The molecule has 0 aliphatic heterocycles. The molecular weight excluding hydrogens is 226 g/mol. The van der Waals surface area contributed by atoms with Gasteiger partial charge in [0.1, 0.15) is 6.54 Å². The maximum absolute atomic E-state index is 11.7. The highest BCUT2D eigenvalue weighted by atomic mass is 16.5. The van der Waals surface area contributed by atoms with E-state index in [2.05, 4.69) is 26.0 Å². The molecule has 0 fully saturated rings. The van der Waals surface area contributed by atoms with Gasteiger partial charge < -0.3 is 9.64 Å². The third-order valence-electron chi connectivity index (χ3n) is 2.86. The number of nitrogens with zero attached hydrogens (tertiary/aromatic N) is 1. The molecule has 0 bridgehead atoms. The van der Waals surface area contributed by atoms with Crippen LogP contribution in [-0.2, 0) is 9.53 Å². The van der Waals surface area contributed by atoms with Gasteiger partial charge in [0.15, 0.2) is 0 Å². The fraction of sp³-hybridized carbons (Fsp3) is 0.533. The van der Waals surface area contributed by atoms with Gasteiger partial charge in [-0.25, -0.2) is 0 Å². The molecule has 0 saturated heterocycles. The lowest BCUT2D eigenvalue weighted by atomic mass is 10.2. The van der Waals surface area contributed by atoms with Crippen LogP contribution in [0.15, 0.2) is 24.3 Å². The minimum atomic E-state index is -0.147. The Morgan fingerprint density at radius 3 is 2.44 bits per heavy atom. The summed E-state index contributed by atoms with van der Waals surface area (Å²) in [6.45, 7) is 7.83. The molecule has 1 rings (SSSR count). The first-order valence-electron chi connectivity index (χ1n) is 6.64. The minimum absolute atomic E-state index is 0.147. The summed E-state index contributed by atoms with van der Waals surface area (Å²) in [5, 5.41) is 0. The predicted octanol–water partition coefficient (Wildman–Crippen LogP) is 3.16. The highest BCUT2D eigenvalue weighted by Gasteiger charge is 2.10. The zero-order valence-corrected chi connectivity index (χ0v) is 11.6. The monoisotopic (exact) mass is 249 g/mol. The number of hydrogen-bond donors (Lipinski definition) is 0. The molecule has 0 unspecified atom stereocenters. The van der Waals surface area contributed by atoms with Gasteiger partial charge in [0.05, 0.1) is 6.61 Å². The van der Waals surface area contributed by atoms with Gasteiger partial charge in [-0.05, 0) is 32.4 Å². The molecule has 100 valence electrons. The molecule has 1 aromatic rings. The zero-order valence-electron chi connectivity index (χ0n) is 11.6. The Balaban J connectivity index is 2.51. The van der Waals surface area contributed by atoms with E-state index in [0.29, 0.717) is 13.2 Å². The first kappa shape index (κ1) is 14.6. The first-order chi connectivity index (χ1) is 8.67. The number of benzene rings is 1. The number of likely N-dealkylation sites (N-methyl/N-ethyl adjacent to an activating group) is 1. The van der Waals surface area contributed by atoms with Crippen LogP contribution in [0.25, 0.3) is 0 Å². The summed E-state index contributed by atoms with van der Waals surface area (Å²) in [5.74, 6) is -0.147. The highest BCUT2D eigenvalue weighted by molar-refractivity contribution is 5.75. The van der Waals surface area contributed by atoms with Gasteiger partial charge in [0, 0.05) is 12.2 Å². The molecule has 0 aliphatic rings. The van der Waals surface area contributed by atoms with Crippen LogP contribution in [0, 0.1) is 6.92 Å². The van der Waals surface area contributed by atoms with Crippen molar-refractivity contribution in [1.29, 1.82) is 0 Å². The maximum atomic E-state index is 11.7. The van der Waals surface area contributed by atoms with E-state index < -0.39 is 0 Å². The molecule has 0 N–H and O–H groups in total. The van der Waals surface area contributed by atoms with Crippen molar-refractivity contribution < 1.29 is 9.53 Å². The molecule has 18 heavy (non-hydrogen) atoms. The summed E-state index contributed by atoms with van der Waals surface area (Å²) in [5.41, 5.74) is 2.29. The lowest BCUT2D eigenvalue weighted by Gasteiger charge is -2.22. The zero-order chi connectivity index (χ0) is 13.4. The number of hydrogen-bond acceptors (Lipinski definition) is 3. The Morgan fingerprint density at radius 1 is 1.22 bits per heavy atom. The summed E-state index contributed by atoms with van der Waals surface area (Å²) in [4.78, 5) is 13.7. The van der Waals surface area contributed by atoms with Gasteiger partial charge in [-0.2, -0.15) is 0 Å². The number of anilines is 1. The van der Waals surface area contributed by atoms with Crippen LogP contribution in [0.4, 0.5) is 5.69 Å². The van der Waals surface area contributed by atoms with Gasteiger partial charge >= 0.3 is 5.97 Å². The van der Waals surface area contributed by atoms with E-state index in [0.717, 1.165) is 25.1 Å². The van der Waals surface area contributed by atoms with Crippen molar-refractivity contribution in [2.45, 2.75) is 33.6 Å². The van der Waals surface area contributed by atoms with Crippen molar-refractivity contribution in [3.8, 4) is 0 Å². The van der Waals surface area contributed by atoms with Crippen molar-refractivity contribution in [3.63, 3.8) is 0 Å². The number of rotatable bonds is 7. The topological polar surface area (TPSA) is 29.5 Å². The molecule has 0 radical (unpaired) electrons. The second-order valence-electron chi connectivity index (χ2n) is 4.42. The molecule has 3 nitrogen and oxygen atoms in total. The van der Waals surface area contributed by atoms with Crippen molar-refractivity contribution in [2.24, 2.45) is 0 Å². The van der Waals surface area contributed by atoms with E-state index in [1.54, 1.807) is 0 Å². The van der Waals surface area contributed by atoms with E-state index >= 15 is 0 Å². The Bertz CT molecular complexity index is 359. The molecule has 0 heterocycles. The van der Waals surface area contributed by atoms with E-state index in [1.165, 1.54) is 5.56 Å². The predicted molar refractivity (Wildman–Crippen MR) is 74.9 cm³/mol. The van der Waals surface area contributed by atoms with Crippen LogP contribution >= 0.6 is 0 Å². The van der Waals surface area contributed by atoms with Crippen molar-refractivity contribution in [3.05, 3.63) is 29.8 Å². The SMILES string of the molecule is CCCCOC(=O)CN(CC)c1ccc(C)cc1. The number of aryl methyl sites for hydroxylation is 1. The van der Waals surface area contributed by atoms with Crippen LogP contribution in [0.3, 0.4) is 0 Å². The smallest absolute Gasteiger partial charge is 0.325 e. The Kier molecular flexibility index (Phi) is 6.26. The summed E-state index contributed by atoms with van der Waals surface area (Å²) >= 11 is 0. The van der Waals surface area contributed by atoms with E-state index in [4.69, 9.17) is 4.74 Å². The average Bonchev–Trinajstić information content (AvgIpc) is 2.37. The lowest BCUT2D eigenvalue weighted by molar-refractivity contribution is -0.142. The second-order valence-corrected chi connectivity index (χ2v) is 4.42. The number of ether oxygens (including phenoxy) is 1. The van der Waals surface area contributed by atoms with Gasteiger partial charge in [-0.15, -0.1) is 0 Å². The normalized spacial score (nSPS) is 10.2. The maximum Gasteiger partial charge on any atom is 0.325 e. The molecule has 1 aromatic carbocycles.